The minimum absolute atomic E-state index is 0.411. The normalized spacial score (nSPS) is 16.4. The summed E-state index contributed by atoms with van der Waals surface area (Å²) in [6, 6.07) is 10.3. The Balaban J connectivity index is 2.30. The first kappa shape index (κ1) is 12.2. The van der Waals surface area contributed by atoms with Crippen molar-refractivity contribution >= 4 is 16.7 Å². The molecule has 98 valence electrons. The highest BCUT2D eigenvalue weighted by Crippen LogP contribution is 2.36. The zero-order valence-corrected chi connectivity index (χ0v) is 11.2. The fraction of sp³-hybridized carbons (Fsp3) is 0.312. The van der Waals surface area contributed by atoms with Crippen molar-refractivity contribution in [3.8, 4) is 0 Å². The fourth-order valence-corrected chi connectivity index (χ4v) is 3.02. The third kappa shape index (κ3) is 1.65. The Morgan fingerprint density at radius 3 is 2.58 bits per heavy atom. The second kappa shape index (κ2) is 4.07. The van der Waals surface area contributed by atoms with E-state index in [1.165, 1.54) is 23.6 Å². The maximum atomic E-state index is 11.9. The van der Waals surface area contributed by atoms with Gasteiger partial charge in [0, 0.05) is 0 Å². The topological polar surface area (TPSA) is 52.3 Å². The Hall–Kier alpha value is -1.87. The summed E-state index contributed by atoms with van der Waals surface area (Å²) < 4.78 is 4.83. The summed E-state index contributed by atoms with van der Waals surface area (Å²) in [5, 5.41) is 2.34. The van der Waals surface area contributed by atoms with Gasteiger partial charge in [0.1, 0.15) is 5.54 Å². The standard InChI is InChI=1S/C16H17NO2/c1-16(17,15(18)19-2)13-9-8-11-7-6-10-4-3-5-12(13)14(10)11/h3-5,8-9H,6-7,17H2,1-2H3/t16-/m1/s1. The number of aryl methyl sites for hydroxylation is 2. The SMILES string of the molecule is COC(=O)[C@](C)(N)c1ccc2c3c(cccc13)CC2. The van der Waals surface area contributed by atoms with Gasteiger partial charge in [-0.05, 0) is 47.2 Å². The van der Waals surface area contributed by atoms with Crippen molar-refractivity contribution in [1.29, 1.82) is 0 Å². The van der Waals surface area contributed by atoms with Crippen molar-refractivity contribution in [2.24, 2.45) is 5.73 Å². The van der Waals surface area contributed by atoms with E-state index in [-0.39, 0.29) is 0 Å². The van der Waals surface area contributed by atoms with Crippen LogP contribution in [-0.2, 0) is 27.9 Å². The molecule has 0 saturated heterocycles. The van der Waals surface area contributed by atoms with Crippen LogP contribution in [0.15, 0.2) is 30.3 Å². The number of esters is 1. The summed E-state index contributed by atoms with van der Waals surface area (Å²) in [4.78, 5) is 11.9. The summed E-state index contributed by atoms with van der Waals surface area (Å²) in [7, 11) is 1.37. The van der Waals surface area contributed by atoms with E-state index in [9.17, 15) is 4.79 Å². The maximum Gasteiger partial charge on any atom is 0.330 e. The highest BCUT2D eigenvalue weighted by Gasteiger charge is 2.34. The summed E-state index contributed by atoms with van der Waals surface area (Å²) in [5.41, 5.74) is 8.61. The number of methoxy groups -OCH3 is 1. The molecule has 0 amide bonds. The second-order valence-electron chi connectivity index (χ2n) is 5.31. The third-order valence-corrected chi connectivity index (χ3v) is 4.05. The van der Waals surface area contributed by atoms with Crippen molar-refractivity contribution in [1.82, 2.24) is 0 Å². The lowest BCUT2D eigenvalue weighted by molar-refractivity contribution is -0.146. The molecule has 1 aliphatic rings. The number of carbonyl (C=O) groups is 1. The van der Waals surface area contributed by atoms with Crippen LogP contribution in [0.2, 0.25) is 0 Å². The zero-order chi connectivity index (χ0) is 13.6. The average Bonchev–Trinajstić information content (AvgIpc) is 2.83. The summed E-state index contributed by atoms with van der Waals surface area (Å²) >= 11 is 0. The summed E-state index contributed by atoms with van der Waals surface area (Å²) in [5.74, 6) is -0.411. The van der Waals surface area contributed by atoms with E-state index in [2.05, 4.69) is 12.1 Å². The van der Waals surface area contributed by atoms with Gasteiger partial charge in [-0.15, -0.1) is 0 Å². The lowest BCUT2D eigenvalue weighted by atomic mass is 9.87. The number of hydrogen-bond donors (Lipinski definition) is 1. The molecule has 0 bridgehead atoms. The largest absolute Gasteiger partial charge is 0.467 e. The molecule has 0 aromatic heterocycles. The predicted octanol–water partition coefficient (Wildman–Crippen LogP) is 2.29. The van der Waals surface area contributed by atoms with E-state index < -0.39 is 11.5 Å². The molecule has 1 aliphatic carbocycles. The molecule has 0 heterocycles. The van der Waals surface area contributed by atoms with Crippen LogP contribution in [0.1, 0.15) is 23.6 Å². The number of benzene rings is 2. The summed E-state index contributed by atoms with van der Waals surface area (Å²) in [6.45, 7) is 1.71. The minimum atomic E-state index is -1.12. The summed E-state index contributed by atoms with van der Waals surface area (Å²) in [6.07, 6.45) is 2.13. The molecule has 0 saturated carbocycles. The second-order valence-corrected chi connectivity index (χ2v) is 5.31. The van der Waals surface area contributed by atoms with Crippen LogP contribution in [0.25, 0.3) is 10.8 Å². The maximum absolute atomic E-state index is 11.9. The zero-order valence-electron chi connectivity index (χ0n) is 11.2. The van der Waals surface area contributed by atoms with Crippen molar-refractivity contribution in [2.45, 2.75) is 25.3 Å². The minimum Gasteiger partial charge on any atom is -0.467 e. The Labute approximate surface area is 112 Å². The number of rotatable bonds is 2. The molecule has 2 aromatic rings. The van der Waals surface area contributed by atoms with Crippen LogP contribution in [0.3, 0.4) is 0 Å². The van der Waals surface area contributed by atoms with E-state index in [1.54, 1.807) is 6.92 Å². The molecule has 0 spiro atoms. The van der Waals surface area contributed by atoms with E-state index >= 15 is 0 Å². The quantitative estimate of drug-likeness (QED) is 0.838. The molecule has 0 aliphatic heterocycles. The Morgan fingerprint density at radius 1 is 1.21 bits per heavy atom. The molecule has 19 heavy (non-hydrogen) atoms. The van der Waals surface area contributed by atoms with Crippen molar-refractivity contribution in [2.75, 3.05) is 7.11 Å². The smallest absolute Gasteiger partial charge is 0.330 e. The van der Waals surface area contributed by atoms with E-state index in [0.29, 0.717) is 0 Å². The van der Waals surface area contributed by atoms with Crippen LogP contribution in [0.4, 0.5) is 0 Å². The van der Waals surface area contributed by atoms with Gasteiger partial charge in [-0.25, -0.2) is 4.79 Å². The first-order chi connectivity index (χ1) is 9.05. The van der Waals surface area contributed by atoms with Crippen molar-refractivity contribution in [3.63, 3.8) is 0 Å². The first-order valence-electron chi connectivity index (χ1n) is 6.47. The van der Waals surface area contributed by atoms with E-state index in [0.717, 1.165) is 23.8 Å². The monoisotopic (exact) mass is 255 g/mol. The molecule has 2 aromatic carbocycles. The van der Waals surface area contributed by atoms with Gasteiger partial charge in [-0.2, -0.15) is 0 Å². The molecule has 0 fully saturated rings. The highest BCUT2D eigenvalue weighted by atomic mass is 16.5. The van der Waals surface area contributed by atoms with Gasteiger partial charge in [0.15, 0.2) is 0 Å². The van der Waals surface area contributed by atoms with Crippen LogP contribution < -0.4 is 5.73 Å². The van der Waals surface area contributed by atoms with E-state index in [4.69, 9.17) is 10.5 Å². The van der Waals surface area contributed by atoms with Crippen LogP contribution in [0.5, 0.6) is 0 Å². The average molecular weight is 255 g/mol. The molecular weight excluding hydrogens is 238 g/mol. The number of ether oxygens (including phenoxy) is 1. The fourth-order valence-electron chi connectivity index (χ4n) is 3.02. The highest BCUT2D eigenvalue weighted by molar-refractivity contribution is 5.97. The van der Waals surface area contributed by atoms with Gasteiger partial charge in [0.25, 0.3) is 0 Å². The van der Waals surface area contributed by atoms with Crippen LogP contribution >= 0.6 is 0 Å². The molecule has 0 radical (unpaired) electrons. The number of carbonyl (C=O) groups excluding carboxylic acids is 1. The molecule has 3 heteroatoms. The Bertz CT molecular complexity index is 663. The number of nitrogens with two attached hydrogens (primary N) is 1. The lowest BCUT2D eigenvalue weighted by Gasteiger charge is -2.24. The Morgan fingerprint density at radius 2 is 1.89 bits per heavy atom. The molecular formula is C16H17NO2. The first-order valence-corrected chi connectivity index (χ1v) is 6.47. The van der Waals surface area contributed by atoms with Gasteiger partial charge < -0.3 is 10.5 Å². The molecule has 3 nitrogen and oxygen atoms in total. The van der Waals surface area contributed by atoms with Gasteiger partial charge >= 0.3 is 5.97 Å². The van der Waals surface area contributed by atoms with Gasteiger partial charge in [-0.3, -0.25) is 0 Å². The van der Waals surface area contributed by atoms with Crippen LogP contribution in [-0.4, -0.2) is 13.1 Å². The third-order valence-electron chi connectivity index (χ3n) is 4.05. The van der Waals surface area contributed by atoms with Crippen molar-refractivity contribution < 1.29 is 9.53 Å². The Kier molecular flexibility index (Phi) is 2.61. The molecule has 2 N–H and O–H groups in total. The molecule has 1 atom stereocenters. The van der Waals surface area contributed by atoms with E-state index in [1.807, 2.05) is 18.2 Å². The molecule has 0 unspecified atom stereocenters. The van der Waals surface area contributed by atoms with Crippen LogP contribution in [0, 0.1) is 0 Å². The van der Waals surface area contributed by atoms with Gasteiger partial charge in [-0.1, -0.05) is 30.3 Å². The number of hydrogen-bond acceptors (Lipinski definition) is 3. The van der Waals surface area contributed by atoms with Gasteiger partial charge in [0.2, 0.25) is 0 Å². The predicted molar refractivity (Wildman–Crippen MR) is 74.9 cm³/mol. The lowest BCUT2D eigenvalue weighted by Crippen LogP contribution is -2.42. The molecule has 3 rings (SSSR count). The van der Waals surface area contributed by atoms with Crippen molar-refractivity contribution in [3.05, 3.63) is 47.0 Å². The van der Waals surface area contributed by atoms with Gasteiger partial charge in [0.05, 0.1) is 7.11 Å².